The van der Waals surface area contributed by atoms with Crippen molar-refractivity contribution >= 4 is 28.6 Å². The van der Waals surface area contributed by atoms with Crippen molar-refractivity contribution in [2.45, 2.75) is 43.7 Å². The van der Waals surface area contributed by atoms with Gasteiger partial charge < -0.3 is 4.90 Å². The molecular formula is C31H32FN3O2S. The molecule has 2 heterocycles. The molecule has 0 bridgehead atoms. The minimum atomic E-state index is -0.466. The molecule has 1 aliphatic heterocycles. The Morgan fingerprint density at radius 3 is 2.42 bits per heavy atom. The van der Waals surface area contributed by atoms with E-state index >= 15 is 0 Å². The number of hydrogen-bond acceptors (Lipinski definition) is 4. The zero-order chi connectivity index (χ0) is 26.3. The number of rotatable bonds is 9. The van der Waals surface area contributed by atoms with Crippen LogP contribution in [0.4, 0.5) is 4.39 Å². The number of piperidine rings is 1. The molecule has 0 saturated carbocycles. The number of thioether (sulfide) groups is 1. The second-order valence-corrected chi connectivity index (χ2v) is 10.9. The number of para-hydroxylation sites is 2. The number of carbonyl (C=O) groups excluding carboxylic acids is 1. The van der Waals surface area contributed by atoms with Crippen LogP contribution < -0.4 is 5.56 Å². The van der Waals surface area contributed by atoms with Crippen LogP contribution >= 0.6 is 11.8 Å². The SMILES string of the molecule is O=C(CCCCSc1nc2ccccc2c(=O)n1-c1ccccc1F)N1CCC(Cc2ccccc2)CC1. The summed E-state index contributed by atoms with van der Waals surface area (Å²) in [5, 5.41) is 0.920. The van der Waals surface area contributed by atoms with Gasteiger partial charge in [0.05, 0.1) is 16.6 Å². The van der Waals surface area contributed by atoms with Crippen LogP contribution in [-0.4, -0.2) is 39.2 Å². The van der Waals surface area contributed by atoms with Gasteiger partial charge in [0, 0.05) is 25.3 Å². The number of hydrogen-bond donors (Lipinski definition) is 0. The Bertz CT molecular complexity index is 1450. The minimum Gasteiger partial charge on any atom is -0.343 e. The molecule has 5 nitrogen and oxygen atoms in total. The van der Waals surface area contributed by atoms with Gasteiger partial charge in [-0.2, -0.15) is 0 Å². The Hall–Kier alpha value is -3.45. The molecule has 1 saturated heterocycles. The van der Waals surface area contributed by atoms with Crippen molar-refractivity contribution in [3.8, 4) is 5.69 Å². The number of benzene rings is 3. The van der Waals surface area contributed by atoms with Gasteiger partial charge in [0.2, 0.25) is 5.91 Å². The molecule has 0 N–H and O–H groups in total. The first-order valence-corrected chi connectivity index (χ1v) is 14.3. The summed E-state index contributed by atoms with van der Waals surface area (Å²) in [5.41, 5.74) is 1.88. The Kier molecular flexibility index (Phi) is 8.54. The molecule has 1 amide bonds. The van der Waals surface area contributed by atoms with Crippen molar-refractivity contribution in [3.63, 3.8) is 0 Å². The maximum Gasteiger partial charge on any atom is 0.266 e. The van der Waals surface area contributed by atoms with Crippen molar-refractivity contribution in [1.82, 2.24) is 14.5 Å². The van der Waals surface area contributed by atoms with E-state index in [2.05, 4.69) is 29.2 Å². The fraction of sp³-hybridized carbons (Fsp3) is 0.323. The first-order chi connectivity index (χ1) is 18.6. The number of amides is 1. The summed E-state index contributed by atoms with van der Waals surface area (Å²) < 4.78 is 16.0. The summed E-state index contributed by atoms with van der Waals surface area (Å²) in [4.78, 5) is 32.7. The van der Waals surface area contributed by atoms with Crippen molar-refractivity contribution in [1.29, 1.82) is 0 Å². The molecule has 4 aromatic rings. The van der Waals surface area contributed by atoms with Gasteiger partial charge in [-0.15, -0.1) is 0 Å². The quantitative estimate of drug-likeness (QED) is 0.146. The molecule has 0 atom stereocenters. The van der Waals surface area contributed by atoms with Crippen LogP contribution in [0.25, 0.3) is 16.6 Å². The molecular weight excluding hydrogens is 497 g/mol. The van der Waals surface area contributed by atoms with Crippen LogP contribution in [0.3, 0.4) is 0 Å². The van der Waals surface area contributed by atoms with Crippen LogP contribution in [0.15, 0.2) is 88.8 Å². The minimum absolute atomic E-state index is 0.198. The predicted molar refractivity (Wildman–Crippen MR) is 151 cm³/mol. The van der Waals surface area contributed by atoms with Crippen LogP contribution in [0.1, 0.15) is 37.7 Å². The summed E-state index contributed by atoms with van der Waals surface area (Å²) in [7, 11) is 0. The topological polar surface area (TPSA) is 55.2 Å². The lowest BCUT2D eigenvalue weighted by Gasteiger charge is -2.32. The van der Waals surface area contributed by atoms with Crippen molar-refractivity contribution in [2.75, 3.05) is 18.8 Å². The molecule has 0 spiro atoms. The average Bonchev–Trinajstić information content (AvgIpc) is 2.94. The zero-order valence-corrected chi connectivity index (χ0v) is 22.2. The zero-order valence-electron chi connectivity index (χ0n) is 21.4. The third-order valence-corrected chi connectivity index (χ3v) is 8.21. The molecule has 196 valence electrons. The molecule has 7 heteroatoms. The van der Waals surface area contributed by atoms with E-state index in [4.69, 9.17) is 0 Å². The third-order valence-electron chi connectivity index (χ3n) is 7.19. The number of aromatic nitrogens is 2. The molecule has 0 radical (unpaired) electrons. The van der Waals surface area contributed by atoms with Gasteiger partial charge in [-0.1, -0.05) is 66.4 Å². The summed E-state index contributed by atoms with van der Waals surface area (Å²) in [6.45, 7) is 1.67. The van der Waals surface area contributed by atoms with E-state index in [1.807, 2.05) is 17.0 Å². The highest BCUT2D eigenvalue weighted by Gasteiger charge is 2.22. The largest absolute Gasteiger partial charge is 0.343 e. The van der Waals surface area contributed by atoms with E-state index in [-0.39, 0.29) is 17.2 Å². The van der Waals surface area contributed by atoms with Gasteiger partial charge in [-0.3, -0.25) is 14.2 Å². The molecule has 1 aliphatic rings. The van der Waals surface area contributed by atoms with Crippen molar-refractivity contribution in [2.24, 2.45) is 5.92 Å². The summed E-state index contributed by atoms with van der Waals surface area (Å²) >= 11 is 1.43. The molecule has 0 unspecified atom stereocenters. The average molecular weight is 530 g/mol. The normalized spacial score (nSPS) is 14.2. The lowest BCUT2D eigenvalue weighted by molar-refractivity contribution is -0.132. The standard InChI is InChI=1S/C31H32FN3O2S/c32-26-13-5-7-15-28(26)35-30(37)25-12-4-6-14-27(25)33-31(35)38-21-9-8-16-29(36)34-19-17-24(18-20-34)22-23-10-2-1-3-11-23/h1-7,10-15,24H,8-9,16-22H2. The number of unbranched alkanes of at least 4 members (excludes halogenated alkanes) is 1. The van der Waals surface area contributed by atoms with Crippen molar-refractivity contribution in [3.05, 3.63) is 101 Å². The Morgan fingerprint density at radius 2 is 1.63 bits per heavy atom. The monoisotopic (exact) mass is 529 g/mol. The summed E-state index contributed by atoms with van der Waals surface area (Å²) in [6, 6.07) is 24.0. The first-order valence-electron chi connectivity index (χ1n) is 13.3. The molecule has 1 fully saturated rings. The number of likely N-dealkylation sites (tertiary alicyclic amines) is 1. The van der Waals surface area contributed by atoms with Gasteiger partial charge in [0.15, 0.2) is 5.16 Å². The van der Waals surface area contributed by atoms with Gasteiger partial charge in [-0.05, 0) is 67.9 Å². The molecule has 0 aliphatic carbocycles. The molecule has 1 aromatic heterocycles. The van der Waals surface area contributed by atoms with E-state index in [1.54, 1.807) is 36.4 Å². The van der Waals surface area contributed by atoms with Crippen LogP contribution in [-0.2, 0) is 11.2 Å². The lowest BCUT2D eigenvalue weighted by atomic mass is 9.90. The smallest absolute Gasteiger partial charge is 0.266 e. The summed E-state index contributed by atoms with van der Waals surface area (Å²) in [5.74, 6) is 1.08. The molecule has 5 rings (SSSR count). The number of fused-ring (bicyclic) bond motifs is 1. The number of carbonyl (C=O) groups is 1. The first kappa shape index (κ1) is 26.2. The highest BCUT2D eigenvalue weighted by molar-refractivity contribution is 7.99. The molecule has 3 aromatic carbocycles. The fourth-order valence-corrected chi connectivity index (χ4v) is 6.09. The maximum atomic E-state index is 14.6. The third kappa shape index (κ3) is 6.16. The predicted octanol–water partition coefficient (Wildman–Crippen LogP) is 6.27. The second kappa shape index (κ2) is 12.4. The van der Waals surface area contributed by atoms with Crippen LogP contribution in [0.5, 0.6) is 0 Å². The number of halogens is 1. The van der Waals surface area contributed by atoms with Crippen LogP contribution in [0.2, 0.25) is 0 Å². The van der Waals surface area contributed by atoms with E-state index < -0.39 is 5.82 Å². The van der Waals surface area contributed by atoms with Gasteiger partial charge >= 0.3 is 0 Å². The van der Waals surface area contributed by atoms with E-state index in [9.17, 15) is 14.0 Å². The van der Waals surface area contributed by atoms with E-state index in [0.717, 1.165) is 45.2 Å². The number of nitrogens with zero attached hydrogens (tertiary/aromatic N) is 3. The van der Waals surface area contributed by atoms with E-state index in [0.29, 0.717) is 34.2 Å². The van der Waals surface area contributed by atoms with Crippen LogP contribution in [0, 0.1) is 11.7 Å². The van der Waals surface area contributed by atoms with E-state index in [1.165, 1.54) is 28.0 Å². The van der Waals surface area contributed by atoms with Gasteiger partial charge in [0.1, 0.15) is 5.82 Å². The van der Waals surface area contributed by atoms with Crippen molar-refractivity contribution < 1.29 is 9.18 Å². The Balaban J connectivity index is 1.14. The van der Waals surface area contributed by atoms with Gasteiger partial charge in [-0.25, -0.2) is 9.37 Å². The fourth-order valence-electron chi connectivity index (χ4n) is 5.09. The Labute approximate surface area is 226 Å². The Morgan fingerprint density at radius 1 is 0.921 bits per heavy atom. The molecule has 38 heavy (non-hydrogen) atoms. The lowest BCUT2D eigenvalue weighted by Crippen LogP contribution is -2.38. The maximum absolute atomic E-state index is 14.6. The second-order valence-electron chi connectivity index (χ2n) is 9.82. The highest BCUT2D eigenvalue weighted by atomic mass is 32.2. The summed E-state index contributed by atoms with van der Waals surface area (Å²) in [6.07, 6.45) is 5.29. The highest BCUT2D eigenvalue weighted by Crippen LogP contribution is 2.25. The van der Waals surface area contributed by atoms with Gasteiger partial charge in [0.25, 0.3) is 5.56 Å².